The first-order valence-electron chi connectivity index (χ1n) is 10.8. The van der Waals surface area contributed by atoms with Crippen molar-refractivity contribution in [3.63, 3.8) is 0 Å². The number of rotatable bonds is 5. The molecule has 6 rings (SSSR count). The van der Waals surface area contributed by atoms with E-state index < -0.39 is 24.3 Å². The Labute approximate surface area is 204 Å². The third kappa shape index (κ3) is 3.64. The zero-order chi connectivity index (χ0) is 25.0. The number of anilines is 1. The third-order valence-corrected chi connectivity index (χ3v) is 6.55. The predicted molar refractivity (Wildman–Crippen MR) is 127 cm³/mol. The van der Waals surface area contributed by atoms with E-state index in [4.69, 9.17) is 0 Å². The summed E-state index contributed by atoms with van der Waals surface area (Å²) in [7, 11) is 0. The molecule has 0 saturated carbocycles. The number of imidazole rings is 1. The van der Waals surface area contributed by atoms with E-state index in [1.54, 1.807) is 12.4 Å². The minimum atomic E-state index is -3.77. The van der Waals surface area contributed by atoms with Gasteiger partial charge in [-0.05, 0) is 31.2 Å². The van der Waals surface area contributed by atoms with E-state index in [9.17, 15) is 18.4 Å². The summed E-state index contributed by atoms with van der Waals surface area (Å²) >= 11 is 1.51. The van der Waals surface area contributed by atoms with Crippen LogP contribution >= 0.6 is 11.3 Å². The van der Waals surface area contributed by atoms with Crippen LogP contribution in [-0.4, -0.2) is 43.5 Å². The maximum atomic E-state index is 13.4. The highest BCUT2D eigenvalue weighted by Crippen LogP contribution is 2.42. The highest BCUT2D eigenvalue weighted by molar-refractivity contribution is 7.16. The lowest BCUT2D eigenvalue weighted by Crippen LogP contribution is -2.37. The summed E-state index contributed by atoms with van der Waals surface area (Å²) in [5.41, 5.74) is 4.02. The Hall–Kier alpha value is -4.39. The number of benzene rings is 2. The number of aromatic amines is 1. The maximum absolute atomic E-state index is 13.4. The second-order valence-corrected chi connectivity index (χ2v) is 8.80. The first-order chi connectivity index (χ1) is 17.3. The molecule has 5 aromatic rings. The maximum Gasteiger partial charge on any atom is 0.586 e. The van der Waals surface area contributed by atoms with Gasteiger partial charge in [0.1, 0.15) is 12.2 Å². The Morgan fingerprint density at radius 2 is 2.00 bits per heavy atom. The number of carbonyl (C=O) groups is 1. The Morgan fingerprint density at radius 1 is 1.17 bits per heavy atom. The highest BCUT2D eigenvalue weighted by Gasteiger charge is 2.43. The average Bonchev–Trinajstić information content (AvgIpc) is 3.58. The fourth-order valence-electron chi connectivity index (χ4n) is 4.11. The lowest BCUT2D eigenvalue weighted by Gasteiger charge is -2.21. The van der Waals surface area contributed by atoms with Crippen molar-refractivity contribution in [2.75, 3.05) is 11.4 Å². The number of hydrogen-bond donors (Lipinski definition) is 1. The van der Waals surface area contributed by atoms with Gasteiger partial charge in [-0.15, -0.1) is 20.1 Å². The first-order valence-corrected chi connectivity index (χ1v) is 11.7. The number of alkyl halides is 2. The summed E-state index contributed by atoms with van der Waals surface area (Å²) in [4.78, 5) is 39.1. The van der Waals surface area contributed by atoms with Gasteiger partial charge in [0.25, 0.3) is 5.56 Å². The van der Waals surface area contributed by atoms with E-state index in [1.807, 2.05) is 18.2 Å². The van der Waals surface area contributed by atoms with Crippen molar-refractivity contribution in [1.82, 2.24) is 24.7 Å². The summed E-state index contributed by atoms with van der Waals surface area (Å²) in [5, 5.41) is 4.48. The number of halogens is 2. The Morgan fingerprint density at radius 3 is 2.83 bits per heavy atom. The second-order valence-electron chi connectivity index (χ2n) is 7.91. The van der Waals surface area contributed by atoms with Crippen LogP contribution in [0.2, 0.25) is 0 Å². The van der Waals surface area contributed by atoms with Crippen molar-refractivity contribution in [2.24, 2.45) is 0 Å². The summed E-state index contributed by atoms with van der Waals surface area (Å²) in [6.07, 6.45) is -2.37. The molecule has 0 radical (unpaired) electrons. The van der Waals surface area contributed by atoms with Gasteiger partial charge in [-0.25, -0.2) is 14.6 Å². The molecule has 1 aliphatic rings. The minimum absolute atomic E-state index is 0.129. The standard InChI is InChI=1S/C23H16F2N6O4S/c1-2-30(13-4-5-15-16(8-13)35-23(24,25)34-15)18(32)9-31-22(33)21-20(26-10-27-21)19(29-31)12-3-6-17-14(7-12)28-11-36-17/h3-8,10-11H,2,9H2,1H3,(H,26,27). The smallest absolute Gasteiger partial charge is 0.395 e. The molecular formula is C23H16F2N6O4S. The number of likely N-dealkylation sites (N-methyl/N-ethyl adjacent to an activating group) is 1. The molecule has 3 aromatic heterocycles. The molecule has 0 spiro atoms. The number of amides is 1. The summed E-state index contributed by atoms with van der Waals surface area (Å²) < 4.78 is 37.8. The zero-order valence-electron chi connectivity index (χ0n) is 18.6. The molecule has 0 atom stereocenters. The van der Waals surface area contributed by atoms with Crippen LogP contribution in [0, 0.1) is 0 Å². The number of nitrogens with one attached hydrogen (secondary N) is 1. The van der Waals surface area contributed by atoms with Gasteiger partial charge in [-0.3, -0.25) is 9.59 Å². The molecule has 0 unspecified atom stereocenters. The van der Waals surface area contributed by atoms with E-state index in [0.717, 1.165) is 14.9 Å². The molecule has 36 heavy (non-hydrogen) atoms. The Bertz CT molecular complexity index is 1710. The first kappa shape index (κ1) is 22.1. The molecule has 4 heterocycles. The summed E-state index contributed by atoms with van der Waals surface area (Å²) in [6.45, 7) is 1.53. The van der Waals surface area contributed by atoms with Gasteiger partial charge in [-0.2, -0.15) is 5.10 Å². The van der Waals surface area contributed by atoms with Crippen LogP contribution in [-0.2, 0) is 11.3 Å². The number of nitrogens with zero attached hydrogens (tertiary/aromatic N) is 5. The van der Waals surface area contributed by atoms with Gasteiger partial charge < -0.3 is 19.4 Å². The average molecular weight is 510 g/mol. The molecule has 1 amide bonds. The van der Waals surface area contributed by atoms with E-state index in [2.05, 4.69) is 29.5 Å². The van der Waals surface area contributed by atoms with E-state index in [-0.39, 0.29) is 23.6 Å². The van der Waals surface area contributed by atoms with Gasteiger partial charge in [0.15, 0.2) is 17.0 Å². The molecule has 0 fully saturated rings. The monoisotopic (exact) mass is 510 g/mol. The predicted octanol–water partition coefficient (Wildman–Crippen LogP) is 3.77. The molecule has 0 bridgehead atoms. The van der Waals surface area contributed by atoms with E-state index in [1.165, 1.54) is 40.8 Å². The van der Waals surface area contributed by atoms with Crippen LogP contribution in [0.5, 0.6) is 11.5 Å². The van der Waals surface area contributed by atoms with Crippen molar-refractivity contribution >= 4 is 44.2 Å². The highest BCUT2D eigenvalue weighted by atomic mass is 32.1. The van der Waals surface area contributed by atoms with Crippen molar-refractivity contribution in [3.8, 4) is 22.8 Å². The molecule has 0 aliphatic carbocycles. The van der Waals surface area contributed by atoms with Crippen LogP contribution < -0.4 is 19.9 Å². The quantitative estimate of drug-likeness (QED) is 0.383. The number of carbonyl (C=O) groups excluding carboxylic acids is 1. The SMILES string of the molecule is CCN(C(=O)Cn1nc(-c2ccc3scnc3c2)c2[nH]cnc2c1=O)c1ccc2c(c1)OC(F)(F)O2. The molecule has 0 saturated heterocycles. The van der Waals surface area contributed by atoms with Gasteiger partial charge in [0, 0.05) is 23.9 Å². The largest absolute Gasteiger partial charge is 0.586 e. The van der Waals surface area contributed by atoms with Gasteiger partial charge in [0.2, 0.25) is 5.91 Å². The summed E-state index contributed by atoms with van der Waals surface area (Å²) in [5.74, 6) is -0.791. The van der Waals surface area contributed by atoms with Gasteiger partial charge in [0.05, 0.1) is 27.6 Å². The van der Waals surface area contributed by atoms with Crippen molar-refractivity contribution in [1.29, 1.82) is 0 Å². The number of aromatic nitrogens is 5. The van der Waals surface area contributed by atoms with Crippen LogP contribution in [0.15, 0.2) is 53.0 Å². The van der Waals surface area contributed by atoms with Crippen LogP contribution in [0.25, 0.3) is 32.5 Å². The van der Waals surface area contributed by atoms with Crippen molar-refractivity contribution in [2.45, 2.75) is 19.8 Å². The van der Waals surface area contributed by atoms with Crippen LogP contribution in [0.1, 0.15) is 6.92 Å². The summed E-state index contributed by atoms with van der Waals surface area (Å²) in [6, 6.07) is 9.68. The fraction of sp³-hybridized carbons (Fsp3) is 0.174. The Balaban J connectivity index is 1.36. The second kappa shape index (κ2) is 8.09. The lowest BCUT2D eigenvalue weighted by molar-refractivity contribution is -0.286. The van der Waals surface area contributed by atoms with Crippen molar-refractivity contribution < 1.29 is 23.0 Å². The number of fused-ring (bicyclic) bond motifs is 3. The Kier molecular flexibility index (Phi) is 4.96. The molecule has 1 aliphatic heterocycles. The van der Waals surface area contributed by atoms with Gasteiger partial charge in [-0.1, -0.05) is 6.07 Å². The topological polar surface area (TPSA) is 115 Å². The zero-order valence-corrected chi connectivity index (χ0v) is 19.4. The molecule has 182 valence electrons. The third-order valence-electron chi connectivity index (χ3n) is 5.74. The molecule has 2 aromatic carbocycles. The fourth-order valence-corrected chi connectivity index (χ4v) is 4.77. The molecular weight excluding hydrogens is 494 g/mol. The van der Waals surface area contributed by atoms with Gasteiger partial charge >= 0.3 is 6.29 Å². The van der Waals surface area contributed by atoms with E-state index >= 15 is 0 Å². The number of ether oxygens (including phenoxy) is 2. The van der Waals surface area contributed by atoms with Crippen LogP contribution in [0.3, 0.4) is 0 Å². The number of H-pyrrole nitrogens is 1. The minimum Gasteiger partial charge on any atom is -0.395 e. The number of hydrogen-bond acceptors (Lipinski definition) is 8. The van der Waals surface area contributed by atoms with Crippen LogP contribution in [0.4, 0.5) is 14.5 Å². The number of thiazole rings is 1. The normalized spacial score (nSPS) is 14.0. The molecule has 10 nitrogen and oxygen atoms in total. The van der Waals surface area contributed by atoms with E-state index in [0.29, 0.717) is 22.5 Å². The molecule has 1 N–H and O–H groups in total. The van der Waals surface area contributed by atoms with Crippen molar-refractivity contribution in [3.05, 3.63) is 58.6 Å². The molecule has 13 heteroatoms. The lowest BCUT2D eigenvalue weighted by atomic mass is 10.1.